The van der Waals surface area contributed by atoms with E-state index in [0.717, 1.165) is 56.1 Å². The molecule has 11 rings (SSSR count). The van der Waals surface area contributed by atoms with Crippen molar-refractivity contribution in [3.63, 3.8) is 0 Å². The maximum absolute atomic E-state index is 5.05. The van der Waals surface area contributed by atoms with E-state index in [1.54, 1.807) is 0 Å². The summed E-state index contributed by atoms with van der Waals surface area (Å²) in [6.07, 6.45) is 1.81. The Morgan fingerprint density at radius 1 is 0.339 bits per heavy atom. The molecule has 3 heterocycles. The van der Waals surface area contributed by atoms with Crippen LogP contribution in [0, 0.1) is 0 Å². The summed E-state index contributed by atoms with van der Waals surface area (Å²) in [5.41, 5.74) is 11.2. The SMILES string of the molecule is c1ccc(-c2nc(-c3ccccc3)nc(-c3cccc(-c4c5ccccc5c(-c5ccc(-n6c(-c7ccccn7)nc7ccccc76)cc5)c5ccccc45)c3)n2)cc1. The summed E-state index contributed by atoms with van der Waals surface area (Å²) in [4.78, 5) is 24.7. The summed E-state index contributed by atoms with van der Waals surface area (Å²) in [6.45, 7) is 0. The minimum absolute atomic E-state index is 0.627. The van der Waals surface area contributed by atoms with Crippen molar-refractivity contribution in [3.05, 3.63) is 206 Å². The van der Waals surface area contributed by atoms with Gasteiger partial charge in [-0.1, -0.05) is 158 Å². The molecule has 0 atom stereocenters. The van der Waals surface area contributed by atoms with E-state index in [0.29, 0.717) is 17.5 Å². The monoisotopic (exact) mass is 754 g/mol. The first-order valence-electron chi connectivity index (χ1n) is 19.7. The van der Waals surface area contributed by atoms with Crippen LogP contribution in [0.3, 0.4) is 0 Å². The van der Waals surface area contributed by atoms with Crippen molar-refractivity contribution in [2.24, 2.45) is 0 Å². The zero-order valence-electron chi connectivity index (χ0n) is 31.8. The van der Waals surface area contributed by atoms with Crippen LogP contribution in [0.25, 0.3) is 106 Å². The maximum Gasteiger partial charge on any atom is 0.164 e. The lowest BCUT2D eigenvalue weighted by Gasteiger charge is -2.18. The molecule has 0 saturated heterocycles. The first-order chi connectivity index (χ1) is 29.3. The topological polar surface area (TPSA) is 69.4 Å². The van der Waals surface area contributed by atoms with Gasteiger partial charge in [0.2, 0.25) is 0 Å². The Morgan fingerprint density at radius 3 is 1.42 bits per heavy atom. The summed E-state index contributed by atoms with van der Waals surface area (Å²) >= 11 is 0. The van der Waals surface area contributed by atoms with E-state index in [9.17, 15) is 0 Å². The lowest BCUT2D eigenvalue weighted by molar-refractivity contribution is 1.07. The second kappa shape index (κ2) is 14.4. The quantitative estimate of drug-likeness (QED) is 0.152. The Morgan fingerprint density at radius 2 is 0.831 bits per heavy atom. The smallest absolute Gasteiger partial charge is 0.164 e. The van der Waals surface area contributed by atoms with Gasteiger partial charge in [-0.15, -0.1) is 0 Å². The van der Waals surface area contributed by atoms with Gasteiger partial charge in [-0.2, -0.15) is 0 Å². The third-order valence-electron chi connectivity index (χ3n) is 10.9. The van der Waals surface area contributed by atoms with Gasteiger partial charge in [0, 0.05) is 28.6 Å². The summed E-state index contributed by atoms with van der Waals surface area (Å²) in [5, 5.41) is 4.70. The summed E-state index contributed by atoms with van der Waals surface area (Å²) < 4.78 is 2.20. The number of rotatable bonds is 7. The highest BCUT2D eigenvalue weighted by Gasteiger charge is 2.20. The first kappa shape index (κ1) is 34.2. The number of hydrogen-bond donors (Lipinski definition) is 0. The molecule has 59 heavy (non-hydrogen) atoms. The predicted molar refractivity (Wildman–Crippen MR) is 240 cm³/mol. The van der Waals surface area contributed by atoms with E-state index in [1.807, 2.05) is 91.1 Å². The average Bonchev–Trinajstić information content (AvgIpc) is 3.71. The maximum atomic E-state index is 5.05. The fraction of sp³-hybridized carbons (Fsp3) is 0. The molecular weight excluding hydrogens is 721 g/mol. The van der Waals surface area contributed by atoms with Crippen molar-refractivity contribution in [1.29, 1.82) is 0 Å². The largest absolute Gasteiger partial charge is 0.291 e. The van der Waals surface area contributed by atoms with Gasteiger partial charge in [0.15, 0.2) is 23.3 Å². The Labute approximate surface area is 340 Å². The number of aromatic nitrogens is 6. The van der Waals surface area contributed by atoms with E-state index in [-0.39, 0.29) is 0 Å². The molecule has 0 fully saturated rings. The Kier molecular flexibility index (Phi) is 8.37. The Bertz CT molecular complexity index is 3190. The fourth-order valence-electron chi connectivity index (χ4n) is 8.23. The molecule has 3 aromatic heterocycles. The Hall–Kier alpha value is -8.09. The van der Waals surface area contributed by atoms with Crippen LogP contribution < -0.4 is 0 Å². The summed E-state index contributed by atoms with van der Waals surface area (Å²) in [5.74, 6) is 2.72. The fourth-order valence-corrected chi connectivity index (χ4v) is 8.23. The van der Waals surface area contributed by atoms with Gasteiger partial charge in [-0.05, 0) is 86.3 Å². The molecular formula is C53H34N6. The number of para-hydroxylation sites is 2. The highest BCUT2D eigenvalue weighted by atomic mass is 15.1. The normalized spacial score (nSPS) is 11.4. The molecule has 11 aromatic rings. The molecule has 6 heteroatoms. The Balaban J connectivity index is 1.06. The number of pyridine rings is 1. The molecule has 0 amide bonds. The van der Waals surface area contributed by atoms with Crippen LogP contribution in [-0.4, -0.2) is 29.5 Å². The highest BCUT2D eigenvalue weighted by Crippen LogP contribution is 2.44. The molecule has 0 saturated carbocycles. The van der Waals surface area contributed by atoms with Gasteiger partial charge in [0.05, 0.1) is 11.0 Å². The zero-order valence-corrected chi connectivity index (χ0v) is 31.8. The molecule has 0 aliphatic carbocycles. The van der Waals surface area contributed by atoms with Gasteiger partial charge in [-0.25, -0.2) is 19.9 Å². The molecule has 0 unspecified atom stereocenters. The van der Waals surface area contributed by atoms with E-state index < -0.39 is 0 Å². The molecule has 8 aromatic carbocycles. The number of hydrogen-bond acceptors (Lipinski definition) is 5. The number of fused-ring (bicyclic) bond motifs is 3. The molecule has 276 valence electrons. The van der Waals surface area contributed by atoms with Crippen LogP contribution in [0.1, 0.15) is 0 Å². The predicted octanol–water partition coefficient (Wildman–Crippen LogP) is 12.9. The van der Waals surface area contributed by atoms with Crippen LogP contribution in [0.2, 0.25) is 0 Å². The van der Waals surface area contributed by atoms with Crippen LogP contribution >= 0.6 is 0 Å². The third-order valence-corrected chi connectivity index (χ3v) is 10.9. The molecule has 0 radical (unpaired) electrons. The van der Waals surface area contributed by atoms with Crippen molar-refractivity contribution in [1.82, 2.24) is 29.5 Å². The second-order valence-electron chi connectivity index (χ2n) is 14.5. The van der Waals surface area contributed by atoms with E-state index in [1.165, 1.54) is 32.7 Å². The van der Waals surface area contributed by atoms with Crippen LogP contribution in [0.15, 0.2) is 206 Å². The van der Waals surface area contributed by atoms with Crippen molar-refractivity contribution < 1.29 is 0 Å². The standard InChI is InChI=1S/C53H34N6/c1-3-16-36(17-4-1)50-56-51(37-18-5-2-6-19-37)58-52(57-50)39-21-15-20-38(34-39)49-43-24-9-7-22-41(43)48(42-23-8-10-25-44(42)49)35-29-31-40(32-30-35)59-47-28-12-11-26-45(47)55-53(59)46-27-13-14-33-54-46/h1-34H. The molecule has 0 bridgehead atoms. The molecule has 6 nitrogen and oxygen atoms in total. The van der Waals surface area contributed by atoms with Crippen molar-refractivity contribution in [2.75, 3.05) is 0 Å². The lowest BCUT2D eigenvalue weighted by atomic mass is 9.85. The summed E-state index contributed by atoms with van der Waals surface area (Å²) in [7, 11) is 0. The molecule has 0 N–H and O–H groups in total. The van der Waals surface area contributed by atoms with Gasteiger partial charge in [0.1, 0.15) is 5.69 Å². The first-order valence-corrected chi connectivity index (χ1v) is 19.7. The van der Waals surface area contributed by atoms with Crippen LogP contribution in [0.5, 0.6) is 0 Å². The van der Waals surface area contributed by atoms with Gasteiger partial charge < -0.3 is 0 Å². The number of nitrogens with zero attached hydrogens (tertiary/aromatic N) is 6. The van der Waals surface area contributed by atoms with Crippen molar-refractivity contribution in [2.45, 2.75) is 0 Å². The highest BCUT2D eigenvalue weighted by molar-refractivity contribution is 6.21. The van der Waals surface area contributed by atoms with Gasteiger partial charge in [0.25, 0.3) is 0 Å². The van der Waals surface area contributed by atoms with Crippen LogP contribution in [0.4, 0.5) is 0 Å². The zero-order chi connectivity index (χ0) is 39.1. The lowest BCUT2D eigenvalue weighted by Crippen LogP contribution is -2.00. The van der Waals surface area contributed by atoms with Gasteiger partial charge >= 0.3 is 0 Å². The molecule has 0 aliphatic heterocycles. The minimum Gasteiger partial charge on any atom is -0.291 e. The van der Waals surface area contributed by atoms with E-state index >= 15 is 0 Å². The second-order valence-corrected chi connectivity index (χ2v) is 14.5. The van der Waals surface area contributed by atoms with Crippen molar-refractivity contribution >= 4 is 32.6 Å². The van der Waals surface area contributed by atoms with Crippen molar-refractivity contribution in [3.8, 4) is 73.6 Å². The van der Waals surface area contributed by atoms with E-state index in [4.69, 9.17) is 19.9 Å². The minimum atomic E-state index is 0.627. The molecule has 0 spiro atoms. The summed E-state index contributed by atoms with van der Waals surface area (Å²) in [6, 6.07) is 69.3. The third kappa shape index (κ3) is 6.11. The van der Waals surface area contributed by atoms with Gasteiger partial charge in [-0.3, -0.25) is 9.55 Å². The molecule has 0 aliphatic rings. The number of benzene rings is 8. The van der Waals surface area contributed by atoms with Crippen LogP contribution in [-0.2, 0) is 0 Å². The van der Waals surface area contributed by atoms with E-state index in [2.05, 4.69) is 125 Å². The number of imidazole rings is 1. The average molecular weight is 755 g/mol.